The van der Waals surface area contributed by atoms with Crippen LogP contribution in [0.2, 0.25) is 0 Å². The maximum atomic E-state index is 12.6. The van der Waals surface area contributed by atoms with Crippen LogP contribution in [0.15, 0.2) is 66.7 Å². The summed E-state index contributed by atoms with van der Waals surface area (Å²) in [6.07, 6.45) is 0. The zero-order chi connectivity index (χ0) is 20.5. The number of hydrogen-bond acceptors (Lipinski definition) is 7. The molecule has 2 amide bonds. The van der Waals surface area contributed by atoms with Gasteiger partial charge in [0, 0.05) is 0 Å². The van der Waals surface area contributed by atoms with Gasteiger partial charge in [-0.3, -0.25) is 20.2 Å². The summed E-state index contributed by atoms with van der Waals surface area (Å²) in [7, 11) is 0. The van der Waals surface area contributed by atoms with Crippen LogP contribution in [0.5, 0.6) is 0 Å². The van der Waals surface area contributed by atoms with E-state index in [0.717, 1.165) is 20.4 Å². The molecule has 0 aliphatic heterocycles. The fourth-order valence-corrected chi connectivity index (χ4v) is 4.58. The molecule has 3 aromatic heterocycles. The Labute approximate surface area is 178 Å². The largest absolute Gasteiger partial charge is 0.296 e. The molecular weight excluding hydrogens is 418 g/mol. The van der Waals surface area contributed by atoms with Crippen LogP contribution in [0.1, 0.15) is 21.0 Å². The van der Waals surface area contributed by atoms with Crippen molar-refractivity contribution in [2.24, 2.45) is 0 Å². The lowest BCUT2D eigenvalue weighted by Crippen LogP contribution is -2.18. The highest BCUT2D eigenvalue weighted by atomic mass is 32.1. The smallest absolute Gasteiger partial charge is 0.276 e. The second-order valence-corrected chi connectivity index (χ2v) is 8.35. The molecule has 5 aromatic rings. The number of para-hydroxylation sites is 2. The fourth-order valence-electron chi connectivity index (χ4n) is 2.86. The van der Waals surface area contributed by atoms with E-state index in [1.54, 1.807) is 18.2 Å². The summed E-state index contributed by atoms with van der Waals surface area (Å²) in [6, 6.07) is 20.0. The molecule has 5 rings (SSSR count). The third-order valence-corrected chi connectivity index (χ3v) is 6.15. The van der Waals surface area contributed by atoms with Gasteiger partial charge in [-0.15, -0.1) is 0 Å². The van der Waals surface area contributed by atoms with Gasteiger partial charge in [0.05, 0.1) is 20.4 Å². The van der Waals surface area contributed by atoms with E-state index in [9.17, 15) is 9.59 Å². The minimum absolute atomic E-state index is 0.131. The van der Waals surface area contributed by atoms with Crippen molar-refractivity contribution in [3.05, 3.63) is 78.1 Å². The third-order valence-electron chi connectivity index (χ3n) is 4.24. The van der Waals surface area contributed by atoms with E-state index in [1.165, 1.54) is 22.7 Å². The van der Waals surface area contributed by atoms with E-state index < -0.39 is 11.8 Å². The van der Waals surface area contributed by atoms with Crippen molar-refractivity contribution in [3.8, 4) is 0 Å². The van der Waals surface area contributed by atoms with Gasteiger partial charge in [0.1, 0.15) is 11.4 Å². The van der Waals surface area contributed by atoms with E-state index >= 15 is 0 Å². The molecule has 0 saturated carbocycles. The summed E-state index contributed by atoms with van der Waals surface area (Å²) in [5, 5.41) is 6.45. The Kier molecular flexibility index (Phi) is 4.66. The number of rotatable bonds is 4. The monoisotopic (exact) mass is 431 g/mol. The molecule has 3 heterocycles. The SMILES string of the molecule is O=C(Nc1nc2ccccc2s1)c1cccc(C(=O)Nc2nc3ccccc3s2)n1. The van der Waals surface area contributed by atoms with Gasteiger partial charge in [-0.2, -0.15) is 0 Å². The molecule has 146 valence electrons. The molecule has 0 atom stereocenters. The van der Waals surface area contributed by atoms with Crippen LogP contribution in [-0.4, -0.2) is 26.8 Å². The standard InChI is InChI=1S/C21H13N5O2S2/c27-18(25-20-23-12-6-1-3-10-16(12)29-20)14-8-5-9-15(22-14)19(28)26-21-24-13-7-2-4-11-17(13)30-21/h1-11H,(H,23,25,27)(H,24,26,28). The summed E-state index contributed by atoms with van der Waals surface area (Å²) in [5.41, 5.74) is 1.89. The van der Waals surface area contributed by atoms with Gasteiger partial charge in [-0.25, -0.2) is 15.0 Å². The van der Waals surface area contributed by atoms with E-state index in [-0.39, 0.29) is 11.4 Å². The zero-order valence-electron chi connectivity index (χ0n) is 15.3. The Balaban J connectivity index is 1.33. The molecule has 0 unspecified atom stereocenters. The Morgan fingerprint density at radius 2 is 1.07 bits per heavy atom. The highest BCUT2D eigenvalue weighted by Crippen LogP contribution is 2.26. The zero-order valence-corrected chi connectivity index (χ0v) is 17.0. The molecule has 0 aliphatic rings. The number of amides is 2. The van der Waals surface area contributed by atoms with Crippen molar-refractivity contribution in [1.82, 2.24) is 15.0 Å². The lowest BCUT2D eigenvalue weighted by atomic mass is 10.3. The number of pyridine rings is 1. The van der Waals surface area contributed by atoms with E-state index in [0.29, 0.717) is 10.3 Å². The second-order valence-electron chi connectivity index (χ2n) is 6.29. The fraction of sp³-hybridized carbons (Fsp3) is 0. The normalized spacial score (nSPS) is 10.9. The molecule has 0 aliphatic carbocycles. The van der Waals surface area contributed by atoms with Crippen molar-refractivity contribution in [1.29, 1.82) is 0 Å². The lowest BCUT2D eigenvalue weighted by molar-refractivity contribution is 0.101. The van der Waals surface area contributed by atoms with Gasteiger partial charge in [0.15, 0.2) is 10.3 Å². The first-order chi connectivity index (χ1) is 14.7. The summed E-state index contributed by atoms with van der Waals surface area (Å²) in [5.74, 6) is -0.854. The molecule has 0 spiro atoms. The van der Waals surface area contributed by atoms with Gasteiger partial charge in [-0.05, 0) is 36.4 Å². The van der Waals surface area contributed by atoms with Crippen molar-refractivity contribution in [2.45, 2.75) is 0 Å². The number of aromatic nitrogens is 3. The Morgan fingerprint density at radius 1 is 0.600 bits per heavy atom. The number of carbonyl (C=O) groups is 2. The number of anilines is 2. The first kappa shape index (κ1) is 18.3. The van der Waals surface area contributed by atoms with E-state index in [1.807, 2.05) is 48.5 Å². The first-order valence-electron chi connectivity index (χ1n) is 8.97. The second kappa shape index (κ2) is 7.62. The quantitative estimate of drug-likeness (QED) is 0.426. The number of hydrogen-bond donors (Lipinski definition) is 2. The van der Waals surface area contributed by atoms with Crippen LogP contribution in [0.25, 0.3) is 20.4 Å². The molecule has 7 nitrogen and oxygen atoms in total. The van der Waals surface area contributed by atoms with Gasteiger partial charge in [0.2, 0.25) is 0 Å². The average Bonchev–Trinajstić information content (AvgIpc) is 3.36. The predicted molar refractivity (Wildman–Crippen MR) is 119 cm³/mol. The topological polar surface area (TPSA) is 96.9 Å². The first-order valence-corrected chi connectivity index (χ1v) is 10.6. The minimum atomic E-state index is -0.427. The summed E-state index contributed by atoms with van der Waals surface area (Å²) in [4.78, 5) is 38.2. The summed E-state index contributed by atoms with van der Waals surface area (Å²) in [6.45, 7) is 0. The van der Waals surface area contributed by atoms with Crippen LogP contribution in [-0.2, 0) is 0 Å². The maximum absolute atomic E-state index is 12.6. The maximum Gasteiger partial charge on any atom is 0.276 e. The van der Waals surface area contributed by atoms with Gasteiger partial charge >= 0.3 is 0 Å². The van der Waals surface area contributed by atoms with Crippen LogP contribution in [0.4, 0.5) is 10.3 Å². The molecular formula is C21H13N5O2S2. The van der Waals surface area contributed by atoms with Crippen molar-refractivity contribution < 1.29 is 9.59 Å². The van der Waals surface area contributed by atoms with Crippen LogP contribution >= 0.6 is 22.7 Å². The lowest BCUT2D eigenvalue weighted by Gasteiger charge is -2.04. The molecule has 0 bridgehead atoms. The molecule has 9 heteroatoms. The van der Waals surface area contributed by atoms with Gasteiger partial charge in [-0.1, -0.05) is 53.0 Å². The van der Waals surface area contributed by atoms with E-state index in [2.05, 4.69) is 25.6 Å². The van der Waals surface area contributed by atoms with Crippen LogP contribution in [0, 0.1) is 0 Å². The number of nitrogens with one attached hydrogen (secondary N) is 2. The number of carbonyl (C=O) groups excluding carboxylic acids is 2. The molecule has 0 radical (unpaired) electrons. The van der Waals surface area contributed by atoms with Crippen molar-refractivity contribution in [2.75, 3.05) is 10.6 Å². The Hall–Kier alpha value is -3.69. The predicted octanol–water partition coefficient (Wildman–Crippen LogP) is 4.81. The minimum Gasteiger partial charge on any atom is -0.296 e. The summed E-state index contributed by atoms with van der Waals surface area (Å²) >= 11 is 2.75. The van der Waals surface area contributed by atoms with Crippen molar-refractivity contribution in [3.63, 3.8) is 0 Å². The number of fused-ring (bicyclic) bond motifs is 2. The van der Waals surface area contributed by atoms with Crippen LogP contribution < -0.4 is 10.6 Å². The van der Waals surface area contributed by atoms with E-state index in [4.69, 9.17) is 0 Å². The Bertz CT molecular complexity index is 1240. The third kappa shape index (κ3) is 3.63. The molecule has 0 saturated heterocycles. The molecule has 2 aromatic carbocycles. The number of nitrogens with zero attached hydrogens (tertiary/aromatic N) is 3. The molecule has 0 fully saturated rings. The van der Waals surface area contributed by atoms with Gasteiger partial charge in [0.25, 0.3) is 11.8 Å². The highest BCUT2D eigenvalue weighted by molar-refractivity contribution is 7.22. The number of thiazole rings is 2. The van der Waals surface area contributed by atoms with Crippen molar-refractivity contribution >= 4 is 65.2 Å². The highest BCUT2D eigenvalue weighted by Gasteiger charge is 2.15. The van der Waals surface area contributed by atoms with Crippen LogP contribution in [0.3, 0.4) is 0 Å². The average molecular weight is 432 g/mol. The van der Waals surface area contributed by atoms with Gasteiger partial charge < -0.3 is 0 Å². The number of benzene rings is 2. The molecule has 30 heavy (non-hydrogen) atoms. The summed E-state index contributed by atoms with van der Waals surface area (Å²) < 4.78 is 1.95. The molecule has 2 N–H and O–H groups in total. The Morgan fingerprint density at radius 3 is 1.53 bits per heavy atom.